The van der Waals surface area contributed by atoms with Gasteiger partial charge in [0.05, 0.1) is 19.1 Å². The zero-order valence-electron chi connectivity index (χ0n) is 32.5. The Hall–Kier alpha value is -5.27. The molecule has 1 aliphatic carbocycles. The number of anilines is 1. The molecule has 0 saturated heterocycles. The molecule has 7 N–H and O–H groups in total. The van der Waals surface area contributed by atoms with Crippen LogP contribution in [0, 0.1) is 0 Å². The predicted octanol–water partition coefficient (Wildman–Crippen LogP) is 4.10. The van der Waals surface area contributed by atoms with Gasteiger partial charge in [-0.05, 0) is 42.5 Å². The largest absolute Gasteiger partial charge is 0.479 e. The van der Waals surface area contributed by atoms with Crippen molar-refractivity contribution in [3.05, 3.63) is 65.7 Å². The Balaban J connectivity index is 0.00000158. The van der Waals surface area contributed by atoms with Crippen LogP contribution < -0.4 is 31.9 Å². The third-order valence-corrected chi connectivity index (χ3v) is 8.83. The molecule has 0 bridgehead atoms. The van der Waals surface area contributed by atoms with E-state index in [2.05, 4.69) is 31.9 Å². The Kier molecular flexibility index (Phi) is 22.1. The van der Waals surface area contributed by atoms with Gasteiger partial charge in [0.15, 0.2) is 6.04 Å². The number of carboxylic acid groups (broad SMARTS) is 1. The molecule has 0 radical (unpaired) electrons. The molecule has 0 aromatic heterocycles. The lowest BCUT2D eigenvalue weighted by Gasteiger charge is -2.23. The Bertz CT molecular complexity index is 1520. The lowest BCUT2D eigenvalue weighted by atomic mass is 10.0. The number of benzene rings is 2. The second-order valence-corrected chi connectivity index (χ2v) is 13.6. The van der Waals surface area contributed by atoms with Crippen LogP contribution in [0.4, 0.5) is 5.69 Å². The van der Waals surface area contributed by atoms with Gasteiger partial charge in [0.2, 0.25) is 29.4 Å². The van der Waals surface area contributed by atoms with Gasteiger partial charge in [-0.2, -0.15) is 0 Å². The topological polar surface area (TPSA) is 212 Å². The quantitative estimate of drug-likeness (QED) is 0.0860. The third-order valence-electron chi connectivity index (χ3n) is 8.83. The number of Topliss-reactive ketones (excluding diaryl/α,β-unsaturated/α-hetero) is 1. The number of aliphatic carboxylic acids is 1. The lowest BCUT2D eigenvalue weighted by molar-refractivity contribution is -0.142. The molecule has 1 fully saturated rings. The van der Waals surface area contributed by atoms with Gasteiger partial charge < -0.3 is 37.0 Å². The van der Waals surface area contributed by atoms with Crippen LogP contribution in [-0.2, 0) is 40.0 Å². The van der Waals surface area contributed by atoms with Crippen LogP contribution in [-0.4, -0.2) is 78.1 Å². The molecule has 0 aliphatic heterocycles. The van der Waals surface area contributed by atoms with E-state index in [0.717, 1.165) is 25.1 Å². The first kappa shape index (κ1) is 45.9. The second kappa shape index (κ2) is 26.5. The van der Waals surface area contributed by atoms with Gasteiger partial charge in [0.1, 0.15) is 6.04 Å². The first-order chi connectivity index (χ1) is 26.5. The highest BCUT2D eigenvalue weighted by atomic mass is 16.4. The van der Waals surface area contributed by atoms with Crippen LogP contribution in [0.2, 0.25) is 0 Å². The van der Waals surface area contributed by atoms with Crippen LogP contribution in [0.15, 0.2) is 54.6 Å². The van der Waals surface area contributed by atoms with Gasteiger partial charge in [-0.15, -0.1) is 0 Å². The summed E-state index contributed by atoms with van der Waals surface area (Å²) >= 11 is 0. The average molecular weight is 765 g/mol. The minimum Gasteiger partial charge on any atom is -0.479 e. The molecule has 302 valence electrons. The van der Waals surface area contributed by atoms with Crippen LogP contribution >= 0.6 is 0 Å². The maximum absolute atomic E-state index is 13.6. The highest BCUT2D eigenvalue weighted by Crippen LogP contribution is 2.16. The maximum Gasteiger partial charge on any atom is 0.330 e. The summed E-state index contributed by atoms with van der Waals surface area (Å²) in [6, 6.07) is 11.5. The molecule has 0 spiro atoms. The number of ketones is 1. The van der Waals surface area contributed by atoms with E-state index in [1.165, 1.54) is 50.7 Å². The normalized spacial score (nSPS) is 13.7. The van der Waals surface area contributed by atoms with Crippen LogP contribution in [0.1, 0.15) is 115 Å². The standard InChI is InChI=1S/C35H48N6O8.C6H12/c1-4-7-17-28(42)37-21-29(43)39-27(20-23-13-11-16-25(19-23)36-18-6-3)33(46)40-26(12-5-2)32(45)34(47)38-22-30(44)41-31(35(48)49)24-14-9-8-10-15-24;1-2-4-6-5-3-1/h8-11,13-16,19,26-27,31,36H,4-7,12,17-18,20-22H2,1-3H3,(H,37,42)(H,38,47)(H,39,43)(H,40,46)(H,41,44)(H,48,49);1-6H2. The molecule has 5 amide bonds. The Labute approximate surface area is 324 Å². The Morgan fingerprint density at radius 3 is 1.91 bits per heavy atom. The molecule has 3 atom stereocenters. The zero-order valence-corrected chi connectivity index (χ0v) is 32.5. The first-order valence-electron chi connectivity index (χ1n) is 19.6. The van der Waals surface area contributed by atoms with E-state index in [-0.39, 0.29) is 31.7 Å². The minimum atomic E-state index is -1.37. The number of rotatable bonds is 22. The van der Waals surface area contributed by atoms with Gasteiger partial charge in [-0.3, -0.25) is 28.8 Å². The van der Waals surface area contributed by atoms with Crippen molar-refractivity contribution in [3.8, 4) is 0 Å². The second-order valence-electron chi connectivity index (χ2n) is 13.6. The van der Waals surface area contributed by atoms with Gasteiger partial charge in [-0.1, -0.05) is 115 Å². The summed E-state index contributed by atoms with van der Waals surface area (Å²) in [6.45, 7) is 5.43. The molecule has 0 heterocycles. The van der Waals surface area contributed by atoms with Gasteiger partial charge >= 0.3 is 5.97 Å². The summed E-state index contributed by atoms with van der Waals surface area (Å²) in [7, 11) is 0. The van der Waals surface area contributed by atoms with Crippen LogP contribution in [0.25, 0.3) is 0 Å². The summed E-state index contributed by atoms with van der Waals surface area (Å²) < 4.78 is 0. The fourth-order valence-corrected chi connectivity index (χ4v) is 5.81. The smallest absolute Gasteiger partial charge is 0.330 e. The van der Waals surface area contributed by atoms with Crippen LogP contribution in [0.3, 0.4) is 0 Å². The Morgan fingerprint density at radius 2 is 1.31 bits per heavy atom. The predicted molar refractivity (Wildman–Crippen MR) is 211 cm³/mol. The summed E-state index contributed by atoms with van der Waals surface area (Å²) in [4.78, 5) is 88.6. The Morgan fingerprint density at radius 1 is 0.673 bits per heavy atom. The van der Waals surface area contributed by atoms with Gasteiger partial charge in [-0.25, -0.2) is 4.79 Å². The van der Waals surface area contributed by atoms with E-state index in [1.54, 1.807) is 37.3 Å². The molecule has 3 unspecified atom stereocenters. The molecule has 55 heavy (non-hydrogen) atoms. The van der Waals surface area contributed by atoms with E-state index in [4.69, 9.17) is 0 Å². The zero-order chi connectivity index (χ0) is 40.4. The summed E-state index contributed by atoms with van der Waals surface area (Å²) in [5.74, 6) is -5.93. The number of unbranched alkanes of at least 4 members (excludes halogenated alkanes) is 1. The maximum atomic E-state index is 13.6. The van der Waals surface area contributed by atoms with E-state index in [0.29, 0.717) is 24.0 Å². The molecule has 2 aromatic rings. The molecule has 14 nitrogen and oxygen atoms in total. The van der Waals surface area contributed by atoms with Crippen LogP contribution in [0.5, 0.6) is 0 Å². The van der Waals surface area contributed by atoms with Gasteiger partial charge in [0, 0.05) is 25.1 Å². The highest BCUT2D eigenvalue weighted by Gasteiger charge is 2.31. The fraction of sp³-hybridized carbons (Fsp3) is 0.537. The van der Waals surface area contributed by atoms with Crippen molar-refractivity contribution in [3.63, 3.8) is 0 Å². The number of carbonyl (C=O) groups excluding carboxylic acids is 6. The molecule has 3 rings (SSSR count). The van der Waals surface area contributed by atoms with E-state index < -0.39 is 60.1 Å². The molecular weight excluding hydrogens is 704 g/mol. The number of amides is 5. The molecule has 2 aromatic carbocycles. The summed E-state index contributed by atoms with van der Waals surface area (Å²) in [6.07, 6.45) is 12.2. The third kappa shape index (κ3) is 18.6. The molecular formula is C41H60N6O8. The first-order valence-corrected chi connectivity index (χ1v) is 19.6. The van der Waals surface area contributed by atoms with Crippen molar-refractivity contribution in [2.24, 2.45) is 0 Å². The fourth-order valence-electron chi connectivity index (χ4n) is 5.81. The molecule has 1 aliphatic rings. The van der Waals surface area contributed by atoms with Crippen molar-refractivity contribution in [1.29, 1.82) is 0 Å². The van der Waals surface area contributed by atoms with Crippen molar-refractivity contribution in [2.45, 2.75) is 122 Å². The number of nitrogens with one attached hydrogen (secondary N) is 6. The van der Waals surface area contributed by atoms with Crippen molar-refractivity contribution in [1.82, 2.24) is 26.6 Å². The number of hydrogen-bond acceptors (Lipinski definition) is 8. The SMILES string of the molecule is C1CCCCC1.CCCCC(=O)NCC(=O)NC(Cc1cccc(NCCC)c1)C(=O)NC(CCC)C(=O)C(=O)NCC(=O)NC(C(=O)O)c1ccccc1. The minimum absolute atomic E-state index is 0.0502. The summed E-state index contributed by atoms with van der Waals surface area (Å²) in [5, 5.41) is 25.1. The number of carboxylic acids is 1. The number of hydrogen-bond donors (Lipinski definition) is 7. The average Bonchev–Trinajstić information content (AvgIpc) is 3.20. The lowest BCUT2D eigenvalue weighted by Crippen LogP contribution is -2.55. The summed E-state index contributed by atoms with van der Waals surface area (Å²) in [5.41, 5.74) is 1.86. The van der Waals surface area contributed by atoms with Crippen molar-refractivity contribution in [2.75, 3.05) is 25.0 Å². The highest BCUT2D eigenvalue weighted by molar-refractivity contribution is 6.38. The van der Waals surface area contributed by atoms with E-state index in [1.807, 2.05) is 26.0 Å². The van der Waals surface area contributed by atoms with E-state index in [9.17, 15) is 38.7 Å². The van der Waals surface area contributed by atoms with Crippen molar-refractivity contribution >= 4 is 47.0 Å². The van der Waals surface area contributed by atoms with E-state index >= 15 is 0 Å². The molecule has 14 heteroatoms. The van der Waals surface area contributed by atoms with Crippen molar-refractivity contribution < 1.29 is 38.7 Å². The monoisotopic (exact) mass is 764 g/mol. The number of carbonyl (C=O) groups is 7. The van der Waals surface area contributed by atoms with Gasteiger partial charge in [0.25, 0.3) is 5.91 Å². The molecule has 1 saturated carbocycles.